The maximum atomic E-state index is 4.66. The number of pyridine rings is 1. The standard InChI is InChI=1S/C12H16BrN3/c1-9(2)15(3)12-10(8-13)16-7-5-4-6-11(16)14-12/h4-7,9H,8H2,1-3H3. The van der Waals surface area contributed by atoms with Crippen molar-refractivity contribution in [1.82, 2.24) is 9.38 Å². The van der Waals surface area contributed by atoms with Crippen LogP contribution in [0.4, 0.5) is 5.82 Å². The van der Waals surface area contributed by atoms with Crippen molar-refractivity contribution < 1.29 is 0 Å². The van der Waals surface area contributed by atoms with Crippen LogP contribution in [-0.2, 0) is 5.33 Å². The van der Waals surface area contributed by atoms with Gasteiger partial charge in [-0.15, -0.1) is 0 Å². The molecule has 86 valence electrons. The zero-order valence-corrected chi connectivity index (χ0v) is 11.4. The van der Waals surface area contributed by atoms with E-state index in [1.807, 2.05) is 18.2 Å². The van der Waals surface area contributed by atoms with Crippen LogP contribution < -0.4 is 4.90 Å². The second kappa shape index (κ2) is 4.45. The molecule has 0 aromatic carbocycles. The van der Waals surface area contributed by atoms with Crippen LogP contribution in [0.2, 0.25) is 0 Å². The van der Waals surface area contributed by atoms with Gasteiger partial charge < -0.3 is 9.30 Å². The summed E-state index contributed by atoms with van der Waals surface area (Å²) in [5, 5.41) is 0.810. The predicted octanol–water partition coefficient (Wildman–Crippen LogP) is 3.07. The van der Waals surface area contributed by atoms with Gasteiger partial charge in [0.25, 0.3) is 0 Å². The lowest BCUT2D eigenvalue weighted by Crippen LogP contribution is -2.26. The average molecular weight is 282 g/mol. The Bertz CT molecular complexity index is 490. The zero-order valence-electron chi connectivity index (χ0n) is 9.81. The first-order chi connectivity index (χ1) is 7.65. The second-order valence-corrected chi connectivity index (χ2v) is 4.71. The van der Waals surface area contributed by atoms with Crippen molar-refractivity contribution in [1.29, 1.82) is 0 Å². The van der Waals surface area contributed by atoms with E-state index in [0.29, 0.717) is 6.04 Å². The van der Waals surface area contributed by atoms with E-state index in [1.54, 1.807) is 0 Å². The summed E-state index contributed by atoms with van der Waals surface area (Å²) in [6, 6.07) is 6.52. The van der Waals surface area contributed by atoms with Gasteiger partial charge in [-0.05, 0) is 26.0 Å². The molecule has 0 amide bonds. The van der Waals surface area contributed by atoms with Crippen molar-refractivity contribution in [2.45, 2.75) is 25.2 Å². The van der Waals surface area contributed by atoms with Gasteiger partial charge in [0, 0.05) is 24.6 Å². The normalized spacial score (nSPS) is 11.3. The van der Waals surface area contributed by atoms with E-state index < -0.39 is 0 Å². The number of rotatable bonds is 3. The van der Waals surface area contributed by atoms with E-state index in [0.717, 1.165) is 16.8 Å². The van der Waals surface area contributed by atoms with Crippen molar-refractivity contribution in [3.8, 4) is 0 Å². The van der Waals surface area contributed by atoms with Crippen LogP contribution in [0.15, 0.2) is 24.4 Å². The van der Waals surface area contributed by atoms with E-state index in [2.05, 4.69) is 57.3 Å². The minimum Gasteiger partial charge on any atom is -0.356 e. The molecule has 3 nitrogen and oxygen atoms in total. The molecule has 0 aliphatic carbocycles. The first kappa shape index (κ1) is 11.5. The molecule has 0 N–H and O–H groups in total. The quantitative estimate of drug-likeness (QED) is 0.806. The maximum Gasteiger partial charge on any atom is 0.151 e. The summed E-state index contributed by atoms with van der Waals surface area (Å²) in [6.07, 6.45) is 2.05. The molecule has 0 saturated heterocycles. The summed E-state index contributed by atoms with van der Waals surface area (Å²) in [4.78, 5) is 6.86. The van der Waals surface area contributed by atoms with E-state index in [4.69, 9.17) is 0 Å². The fourth-order valence-corrected chi connectivity index (χ4v) is 2.21. The molecule has 16 heavy (non-hydrogen) atoms. The molecule has 0 aliphatic heterocycles. The van der Waals surface area contributed by atoms with Crippen LogP contribution in [0.3, 0.4) is 0 Å². The molecule has 2 rings (SSSR count). The van der Waals surface area contributed by atoms with Gasteiger partial charge in [0.15, 0.2) is 5.82 Å². The molecule has 2 heterocycles. The molecule has 2 aromatic rings. The van der Waals surface area contributed by atoms with Crippen molar-refractivity contribution in [3.05, 3.63) is 30.1 Å². The fraction of sp³-hybridized carbons (Fsp3) is 0.417. The third-order valence-corrected chi connectivity index (χ3v) is 3.37. The zero-order chi connectivity index (χ0) is 11.7. The lowest BCUT2D eigenvalue weighted by Gasteiger charge is -2.22. The molecule has 0 aliphatic rings. The Morgan fingerprint density at radius 2 is 2.19 bits per heavy atom. The molecule has 2 aromatic heterocycles. The number of halogens is 1. The molecule has 0 saturated carbocycles. The van der Waals surface area contributed by atoms with Gasteiger partial charge in [0.2, 0.25) is 0 Å². The van der Waals surface area contributed by atoms with Gasteiger partial charge in [-0.1, -0.05) is 22.0 Å². The molecular weight excluding hydrogens is 266 g/mol. The minimum absolute atomic E-state index is 0.447. The fourth-order valence-electron chi connectivity index (χ4n) is 1.69. The second-order valence-electron chi connectivity index (χ2n) is 4.15. The van der Waals surface area contributed by atoms with Crippen LogP contribution >= 0.6 is 15.9 Å². The summed E-state index contributed by atoms with van der Waals surface area (Å²) < 4.78 is 2.13. The minimum atomic E-state index is 0.447. The number of fused-ring (bicyclic) bond motifs is 1. The Kier molecular flexibility index (Phi) is 3.19. The molecular formula is C12H16BrN3. The predicted molar refractivity (Wildman–Crippen MR) is 71.4 cm³/mol. The van der Waals surface area contributed by atoms with E-state index in [1.165, 1.54) is 5.69 Å². The summed E-state index contributed by atoms with van der Waals surface area (Å²) in [5.74, 6) is 1.05. The lowest BCUT2D eigenvalue weighted by atomic mass is 10.3. The number of aromatic nitrogens is 2. The number of anilines is 1. The largest absolute Gasteiger partial charge is 0.356 e. The van der Waals surface area contributed by atoms with Gasteiger partial charge in [-0.3, -0.25) is 0 Å². The smallest absolute Gasteiger partial charge is 0.151 e. The van der Waals surface area contributed by atoms with Crippen LogP contribution in [0.5, 0.6) is 0 Å². The van der Waals surface area contributed by atoms with Crippen molar-refractivity contribution in [3.63, 3.8) is 0 Å². The Balaban J connectivity index is 2.60. The Labute approximate surface area is 104 Å². The van der Waals surface area contributed by atoms with E-state index in [9.17, 15) is 0 Å². The van der Waals surface area contributed by atoms with Crippen LogP contribution in [0.25, 0.3) is 5.65 Å². The third-order valence-electron chi connectivity index (χ3n) is 2.84. The number of nitrogens with zero attached hydrogens (tertiary/aromatic N) is 3. The summed E-state index contributed by atoms with van der Waals surface area (Å²) in [6.45, 7) is 4.34. The highest BCUT2D eigenvalue weighted by molar-refractivity contribution is 9.08. The van der Waals surface area contributed by atoms with Crippen molar-refractivity contribution in [2.24, 2.45) is 0 Å². The van der Waals surface area contributed by atoms with Gasteiger partial charge in [0.1, 0.15) is 5.65 Å². The number of imidazole rings is 1. The molecule has 0 radical (unpaired) electrons. The molecule has 4 heteroatoms. The highest BCUT2D eigenvalue weighted by Gasteiger charge is 2.15. The SMILES string of the molecule is CC(C)N(C)c1nc2ccccn2c1CBr. The van der Waals surface area contributed by atoms with Crippen molar-refractivity contribution >= 4 is 27.4 Å². The monoisotopic (exact) mass is 281 g/mol. The molecule has 0 spiro atoms. The van der Waals surface area contributed by atoms with Gasteiger partial charge in [0.05, 0.1) is 5.69 Å². The van der Waals surface area contributed by atoms with Crippen LogP contribution in [0, 0.1) is 0 Å². The lowest BCUT2D eigenvalue weighted by molar-refractivity contribution is 0.742. The molecule has 0 fully saturated rings. The van der Waals surface area contributed by atoms with Gasteiger partial charge >= 0.3 is 0 Å². The Morgan fingerprint density at radius 3 is 2.81 bits per heavy atom. The van der Waals surface area contributed by atoms with E-state index in [-0.39, 0.29) is 0 Å². The molecule has 0 bridgehead atoms. The highest BCUT2D eigenvalue weighted by atomic mass is 79.9. The molecule has 0 unspecified atom stereocenters. The first-order valence-corrected chi connectivity index (χ1v) is 6.52. The summed E-state index contributed by atoms with van der Waals surface area (Å²) >= 11 is 3.54. The highest BCUT2D eigenvalue weighted by Crippen LogP contribution is 2.24. The summed E-state index contributed by atoms with van der Waals surface area (Å²) in [7, 11) is 2.08. The Morgan fingerprint density at radius 1 is 1.44 bits per heavy atom. The number of alkyl halides is 1. The van der Waals surface area contributed by atoms with E-state index >= 15 is 0 Å². The van der Waals surface area contributed by atoms with Gasteiger partial charge in [-0.2, -0.15) is 0 Å². The topological polar surface area (TPSA) is 20.5 Å². The van der Waals surface area contributed by atoms with Crippen LogP contribution in [-0.4, -0.2) is 22.5 Å². The first-order valence-electron chi connectivity index (χ1n) is 5.40. The van der Waals surface area contributed by atoms with Gasteiger partial charge in [-0.25, -0.2) is 4.98 Å². The third kappa shape index (κ3) is 1.82. The number of hydrogen-bond acceptors (Lipinski definition) is 2. The average Bonchev–Trinajstić information content (AvgIpc) is 2.65. The molecule has 0 atom stereocenters. The van der Waals surface area contributed by atoms with Crippen LogP contribution in [0.1, 0.15) is 19.5 Å². The Hall–Kier alpha value is -1.03. The van der Waals surface area contributed by atoms with Crippen molar-refractivity contribution in [2.75, 3.05) is 11.9 Å². The number of hydrogen-bond donors (Lipinski definition) is 0. The summed E-state index contributed by atoms with van der Waals surface area (Å²) in [5.41, 5.74) is 2.20. The maximum absolute atomic E-state index is 4.66.